The van der Waals surface area contributed by atoms with Crippen molar-refractivity contribution in [1.82, 2.24) is 24.5 Å². The lowest BCUT2D eigenvalue weighted by molar-refractivity contribution is -0.116. The molecule has 0 aliphatic heterocycles. The molecule has 13 heteroatoms. The molecule has 0 radical (unpaired) electrons. The number of nitrogens with zero attached hydrogens (tertiary/aromatic N) is 5. The topological polar surface area (TPSA) is 121 Å². The molecule has 0 saturated carbocycles. The number of carbonyl (C=O) groups is 2. The van der Waals surface area contributed by atoms with E-state index in [9.17, 15) is 18.4 Å². The van der Waals surface area contributed by atoms with E-state index in [-0.39, 0.29) is 21.9 Å². The zero-order valence-corrected chi connectivity index (χ0v) is 20.0. The fourth-order valence-electron chi connectivity index (χ4n) is 3.66. The minimum atomic E-state index is -2.84. The van der Waals surface area contributed by atoms with Crippen molar-refractivity contribution in [3.63, 3.8) is 0 Å². The molecular weight excluding hydrogens is 488 g/mol. The lowest BCUT2D eigenvalue weighted by Crippen LogP contribution is -2.22. The number of alkyl halides is 2. The summed E-state index contributed by atoms with van der Waals surface area (Å²) in [5.41, 5.74) is 7.50. The van der Waals surface area contributed by atoms with Gasteiger partial charge >= 0.3 is 0 Å². The van der Waals surface area contributed by atoms with Crippen LogP contribution in [0, 0.1) is 13.8 Å². The van der Waals surface area contributed by atoms with E-state index in [1.807, 2.05) is 13.8 Å². The third kappa shape index (κ3) is 4.14. The van der Waals surface area contributed by atoms with Gasteiger partial charge in [-0.25, -0.2) is 13.8 Å². The Morgan fingerprint density at radius 3 is 2.44 bits per heavy atom. The summed E-state index contributed by atoms with van der Waals surface area (Å²) in [7, 11) is 0. The summed E-state index contributed by atoms with van der Waals surface area (Å²) in [5.74, 6) is -1.32. The van der Waals surface area contributed by atoms with E-state index in [0.717, 1.165) is 17.0 Å². The van der Waals surface area contributed by atoms with Crippen LogP contribution in [0.15, 0.2) is 18.5 Å². The molecule has 0 aliphatic carbocycles. The molecule has 0 spiro atoms. The maximum atomic E-state index is 13.7. The zero-order valence-electron chi connectivity index (χ0n) is 18.4. The maximum absolute atomic E-state index is 13.7. The number of rotatable bonds is 7. The smallest absolute Gasteiger partial charge is 0.280 e. The normalized spacial score (nSPS) is 11.5. The van der Waals surface area contributed by atoms with E-state index < -0.39 is 23.9 Å². The van der Waals surface area contributed by atoms with Gasteiger partial charge in [0.25, 0.3) is 12.3 Å². The van der Waals surface area contributed by atoms with Crippen molar-refractivity contribution in [2.75, 3.05) is 5.32 Å². The van der Waals surface area contributed by atoms with Crippen molar-refractivity contribution in [3.8, 4) is 11.1 Å². The number of hydrogen-bond donors (Lipinski definition) is 2. The Balaban J connectivity index is 1.90. The van der Waals surface area contributed by atoms with Crippen LogP contribution < -0.4 is 11.1 Å². The number of aryl methyl sites for hydroxylation is 1. The number of nitrogens with two attached hydrogens (primary N) is 1. The minimum absolute atomic E-state index is 0.000674. The van der Waals surface area contributed by atoms with Crippen LogP contribution in [0.25, 0.3) is 21.3 Å². The van der Waals surface area contributed by atoms with E-state index in [2.05, 4.69) is 20.5 Å². The third-order valence-corrected chi connectivity index (χ3v) is 6.89. The summed E-state index contributed by atoms with van der Waals surface area (Å²) < 4.78 is 30.4. The van der Waals surface area contributed by atoms with Gasteiger partial charge in [0.2, 0.25) is 5.91 Å². The average molecular weight is 508 g/mol. The van der Waals surface area contributed by atoms with Crippen molar-refractivity contribution in [2.24, 2.45) is 5.73 Å². The molecule has 0 bridgehead atoms. The molecule has 3 N–H and O–H groups in total. The van der Waals surface area contributed by atoms with Gasteiger partial charge in [0.15, 0.2) is 0 Å². The Hall–Kier alpha value is -3.38. The lowest BCUT2D eigenvalue weighted by Gasteiger charge is -2.11. The number of primary amides is 1. The first-order valence-electron chi connectivity index (χ1n) is 10.2. The molecule has 0 unspecified atom stereocenters. The number of pyridine rings is 1. The Kier molecular flexibility index (Phi) is 6.36. The van der Waals surface area contributed by atoms with Crippen LogP contribution in [0.2, 0.25) is 5.02 Å². The summed E-state index contributed by atoms with van der Waals surface area (Å²) in [4.78, 5) is 29.3. The molecule has 2 amide bonds. The monoisotopic (exact) mass is 507 g/mol. The minimum Gasteiger partial charge on any atom is -0.365 e. The van der Waals surface area contributed by atoms with Crippen molar-refractivity contribution >= 4 is 50.7 Å². The van der Waals surface area contributed by atoms with Crippen LogP contribution >= 0.6 is 22.9 Å². The van der Waals surface area contributed by atoms with E-state index in [1.54, 1.807) is 17.8 Å². The molecule has 0 aromatic carbocycles. The first kappa shape index (κ1) is 23.8. The van der Waals surface area contributed by atoms with Crippen LogP contribution in [-0.4, -0.2) is 36.4 Å². The van der Waals surface area contributed by atoms with E-state index in [4.69, 9.17) is 17.3 Å². The molecule has 34 heavy (non-hydrogen) atoms. The molecule has 4 aromatic heterocycles. The Labute approximate surface area is 201 Å². The van der Waals surface area contributed by atoms with Crippen molar-refractivity contribution in [2.45, 2.75) is 40.3 Å². The molecule has 0 fully saturated rings. The Morgan fingerprint density at radius 1 is 1.18 bits per heavy atom. The molecular formula is C21H20ClF2N7O2S. The molecule has 9 nitrogen and oxygen atoms in total. The molecule has 0 atom stereocenters. The quantitative estimate of drug-likeness (QED) is 0.386. The molecule has 4 rings (SSSR count). The van der Waals surface area contributed by atoms with Crippen molar-refractivity contribution < 1.29 is 18.4 Å². The first-order chi connectivity index (χ1) is 16.1. The Bertz CT molecular complexity index is 1430. The van der Waals surface area contributed by atoms with Crippen LogP contribution in [-0.2, 0) is 17.9 Å². The number of amides is 2. The number of fused-ring (bicyclic) bond motifs is 1. The van der Waals surface area contributed by atoms with Gasteiger partial charge in [-0.15, -0.1) is 11.3 Å². The molecule has 4 aromatic rings. The number of thiophene rings is 1. The molecule has 4 heterocycles. The molecule has 0 aliphatic rings. The summed E-state index contributed by atoms with van der Waals surface area (Å²) in [6.07, 6.45) is 0.140. The van der Waals surface area contributed by atoms with E-state index >= 15 is 0 Å². The highest BCUT2D eigenvalue weighted by Crippen LogP contribution is 2.43. The largest absolute Gasteiger partial charge is 0.365 e. The van der Waals surface area contributed by atoms with Crippen molar-refractivity contribution in [3.05, 3.63) is 45.4 Å². The number of nitrogens with one attached hydrogen (secondary N) is 1. The van der Waals surface area contributed by atoms with Gasteiger partial charge in [-0.05, 0) is 32.4 Å². The van der Waals surface area contributed by atoms with Gasteiger partial charge in [-0.3, -0.25) is 19.0 Å². The predicted molar refractivity (Wildman–Crippen MR) is 125 cm³/mol. The first-order valence-corrected chi connectivity index (χ1v) is 11.4. The highest BCUT2D eigenvalue weighted by atomic mass is 35.5. The number of halogens is 3. The number of anilines is 1. The van der Waals surface area contributed by atoms with Gasteiger partial charge < -0.3 is 11.1 Å². The standard InChI is InChI=1S/C21H20ClF2N7O2S/c1-4-30-9(2)12(6-26-30)11-5-14(19(23)24)28-21-16(11)17(18(34-21)20(25)33)29-15(32)8-31-10(3)13(22)7-27-31/h5-7,19H,4,8H2,1-3H3,(H2,25,33)(H,29,32). The second-order valence-electron chi connectivity index (χ2n) is 7.49. The highest BCUT2D eigenvalue weighted by molar-refractivity contribution is 7.21. The second kappa shape index (κ2) is 9.11. The fourth-order valence-corrected chi connectivity index (χ4v) is 4.82. The number of hydrogen-bond acceptors (Lipinski definition) is 6. The molecule has 0 saturated heterocycles. The maximum Gasteiger partial charge on any atom is 0.280 e. The highest BCUT2D eigenvalue weighted by Gasteiger charge is 2.26. The van der Waals surface area contributed by atoms with Gasteiger partial charge in [0, 0.05) is 23.2 Å². The SMILES string of the molecule is CCn1ncc(-c2cc(C(F)F)nc3sc(C(N)=O)c(NC(=O)Cn4ncc(Cl)c4C)c23)c1C. The van der Waals surface area contributed by atoms with E-state index in [1.165, 1.54) is 16.9 Å². The Morgan fingerprint density at radius 2 is 1.88 bits per heavy atom. The number of aromatic nitrogens is 5. The summed E-state index contributed by atoms with van der Waals surface area (Å²) in [6.45, 7) is 5.82. The average Bonchev–Trinajstić information content (AvgIpc) is 3.44. The van der Waals surface area contributed by atoms with Crippen molar-refractivity contribution in [1.29, 1.82) is 0 Å². The van der Waals surface area contributed by atoms with Crippen LogP contribution in [0.5, 0.6) is 0 Å². The van der Waals surface area contributed by atoms with Gasteiger partial charge in [-0.1, -0.05) is 11.6 Å². The third-order valence-electron chi connectivity index (χ3n) is 5.42. The number of carbonyl (C=O) groups excluding carboxylic acids is 2. The molecule has 178 valence electrons. The van der Waals surface area contributed by atoms with Crippen LogP contribution in [0.1, 0.15) is 40.1 Å². The zero-order chi connectivity index (χ0) is 24.7. The lowest BCUT2D eigenvalue weighted by atomic mass is 10.0. The summed E-state index contributed by atoms with van der Waals surface area (Å²) in [6, 6.07) is 1.25. The van der Waals surface area contributed by atoms with Crippen LogP contribution in [0.4, 0.5) is 14.5 Å². The summed E-state index contributed by atoms with van der Waals surface area (Å²) in [5, 5.41) is 11.8. The van der Waals surface area contributed by atoms with Crippen LogP contribution in [0.3, 0.4) is 0 Å². The second-order valence-corrected chi connectivity index (χ2v) is 8.90. The van der Waals surface area contributed by atoms with Gasteiger partial charge in [0.05, 0.1) is 28.8 Å². The summed E-state index contributed by atoms with van der Waals surface area (Å²) >= 11 is 6.85. The van der Waals surface area contributed by atoms with E-state index in [0.29, 0.717) is 33.8 Å². The van der Waals surface area contributed by atoms with Gasteiger partial charge in [-0.2, -0.15) is 10.2 Å². The fraction of sp³-hybridized carbons (Fsp3) is 0.286. The predicted octanol–water partition coefficient (Wildman–Crippen LogP) is 4.32. The van der Waals surface area contributed by atoms with Gasteiger partial charge in [0.1, 0.15) is 21.9 Å².